The largest absolute Gasteiger partial charge is 0.316 e. The SMILES string of the molecule is CC1(C(=O)Nc2nccc(Cl)n2)CCNC1. The van der Waals surface area contributed by atoms with Gasteiger partial charge in [-0.2, -0.15) is 0 Å². The molecule has 1 unspecified atom stereocenters. The number of amides is 1. The van der Waals surface area contributed by atoms with Crippen LogP contribution < -0.4 is 10.6 Å². The number of nitrogens with zero attached hydrogens (tertiary/aromatic N) is 2. The molecule has 5 nitrogen and oxygen atoms in total. The average molecular weight is 241 g/mol. The fraction of sp³-hybridized carbons (Fsp3) is 0.500. The van der Waals surface area contributed by atoms with Crippen LogP contribution in [0.4, 0.5) is 5.95 Å². The Morgan fingerprint density at radius 3 is 3.12 bits per heavy atom. The van der Waals surface area contributed by atoms with Gasteiger partial charge in [0.15, 0.2) is 0 Å². The van der Waals surface area contributed by atoms with Crippen LogP contribution in [0.1, 0.15) is 13.3 Å². The molecule has 0 bridgehead atoms. The third-order valence-corrected chi connectivity index (χ3v) is 2.97. The first-order valence-corrected chi connectivity index (χ1v) is 5.49. The molecule has 1 aromatic heterocycles. The van der Waals surface area contributed by atoms with E-state index in [2.05, 4.69) is 20.6 Å². The fourth-order valence-corrected chi connectivity index (χ4v) is 1.80. The van der Waals surface area contributed by atoms with Crippen LogP contribution in [0.2, 0.25) is 5.15 Å². The van der Waals surface area contributed by atoms with E-state index < -0.39 is 0 Å². The predicted molar refractivity (Wildman–Crippen MR) is 61.3 cm³/mol. The third kappa shape index (κ3) is 2.31. The van der Waals surface area contributed by atoms with Crippen LogP contribution in [0, 0.1) is 5.41 Å². The van der Waals surface area contributed by atoms with Gasteiger partial charge in [-0.1, -0.05) is 11.6 Å². The quantitative estimate of drug-likeness (QED) is 0.759. The highest BCUT2D eigenvalue weighted by molar-refractivity contribution is 6.29. The van der Waals surface area contributed by atoms with Crippen molar-refractivity contribution in [2.45, 2.75) is 13.3 Å². The van der Waals surface area contributed by atoms with Gasteiger partial charge in [0, 0.05) is 12.7 Å². The molecule has 1 aliphatic rings. The summed E-state index contributed by atoms with van der Waals surface area (Å²) in [5.41, 5.74) is -0.383. The minimum Gasteiger partial charge on any atom is -0.316 e. The van der Waals surface area contributed by atoms with Crippen molar-refractivity contribution < 1.29 is 4.79 Å². The fourth-order valence-electron chi connectivity index (χ4n) is 1.66. The molecule has 86 valence electrons. The molecule has 1 aromatic rings. The van der Waals surface area contributed by atoms with Gasteiger partial charge >= 0.3 is 0 Å². The summed E-state index contributed by atoms with van der Waals surface area (Å²) in [6.07, 6.45) is 2.33. The van der Waals surface area contributed by atoms with Gasteiger partial charge in [0.1, 0.15) is 5.15 Å². The molecule has 0 aromatic carbocycles. The molecular weight excluding hydrogens is 228 g/mol. The van der Waals surface area contributed by atoms with Gasteiger partial charge in [-0.25, -0.2) is 9.97 Å². The lowest BCUT2D eigenvalue weighted by Crippen LogP contribution is -2.35. The van der Waals surface area contributed by atoms with E-state index >= 15 is 0 Å². The summed E-state index contributed by atoms with van der Waals surface area (Å²) in [7, 11) is 0. The van der Waals surface area contributed by atoms with Gasteiger partial charge < -0.3 is 5.32 Å². The van der Waals surface area contributed by atoms with E-state index in [0.717, 1.165) is 13.0 Å². The zero-order valence-corrected chi connectivity index (χ0v) is 9.71. The van der Waals surface area contributed by atoms with Crippen LogP contribution in [-0.4, -0.2) is 29.0 Å². The van der Waals surface area contributed by atoms with E-state index in [0.29, 0.717) is 11.7 Å². The van der Waals surface area contributed by atoms with E-state index in [1.807, 2.05) is 6.92 Å². The van der Waals surface area contributed by atoms with Gasteiger partial charge in [0.2, 0.25) is 11.9 Å². The summed E-state index contributed by atoms with van der Waals surface area (Å²) >= 11 is 5.71. The Bertz CT molecular complexity index is 404. The Labute approximate surface area is 98.6 Å². The molecule has 1 fully saturated rings. The van der Waals surface area contributed by atoms with Gasteiger partial charge in [-0.15, -0.1) is 0 Å². The van der Waals surface area contributed by atoms with Crippen LogP contribution >= 0.6 is 11.6 Å². The molecule has 1 saturated heterocycles. The van der Waals surface area contributed by atoms with Crippen LogP contribution in [-0.2, 0) is 4.79 Å². The Kier molecular flexibility index (Phi) is 3.07. The summed E-state index contributed by atoms with van der Waals surface area (Å²) in [5.74, 6) is 0.186. The van der Waals surface area contributed by atoms with Gasteiger partial charge in [0.25, 0.3) is 0 Å². The number of nitrogens with one attached hydrogen (secondary N) is 2. The maximum Gasteiger partial charge on any atom is 0.234 e. The Hall–Kier alpha value is -1.20. The van der Waals surface area contributed by atoms with Crippen LogP contribution in [0.15, 0.2) is 12.3 Å². The minimum absolute atomic E-state index is 0.0697. The lowest BCUT2D eigenvalue weighted by Gasteiger charge is -2.20. The summed E-state index contributed by atoms with van der Waals surface area (Å²) in [4.78, 5) is 19.8. The van der Waals surface area contributed by atoms with Crippen molar-refractivity contribution in [3.05, 3.63) is 17.4 Å². The van der Waals surface area contributed by atoms with Gasteiger partial charge in [-0.3, -0.25) is 10.1 Å². The number of aromatic nitrogens is 2. The van der Waals surface area contributed by atoms with Crippen molar-refractivity contribution in [2.24, 2.45) is 5.41 Å². The minimum atomic E-state index is -0.383. The van der Waals surface area contributed by atoms with E-state index in [9.17, 15) is 4.79 Å². The second kappa shape index (κ2) is 4.35. The topological polar surface area (TPSA) is 66.9 Å². The molecule has 1 aliphatic heterocycles. The number of rotatable bonds is 2. The van der Waals surface area contributed by atoms with Crippen molar-refractivity contribution >= 4 is 23.5 Å². The highest BCUT2D eigenvalue weighted by Crippen LogP contribution is 2.25. The van der Waals surface area contributed by atoms with E-state index in [4.69, 9.17) is 11.6 Å². The molecule has 2 N–H and O–H groups in total. The first kappa shape index (κ1) is 11.3. The second-order valence-corrected chi connectivity index (χ2v) is 4.53. The van der Waals surface area contributed by atoms with Crippen molar-refractivity contribution in [1.29, 1.82) is 0 Å². The van der Waals surface area contributed by atoms with Crippen molar-refractivity contribution in [1.82, 2.24) is 15.3 Å². The maximum atomic E-state index is 12.0. The number of halogens is 1. The monoisotopic (exact) mass is 240 g/mol. The number of hydrogen-bond donors (Lipinski definition) is 2. The normalized spacial score (nSPS) is 24.4. The van der Waals surface area contributed by atoms with Crippen molar-refractivity contribution in [3.63, 3.8) is 0 Å². The average Bonchev–Trinajstić information content (AvgIpc) is 2.66. The number of carbonyl (C=O) groups excluding carboxylic acids is 1. The number of hydrogen-bond acceptors (Lipinski definition) is 4. The lowest BCUT2D eigenvalue weighted by atomic mass is 9.89. The zero-order chi connectivity index (χ0) is 11.6. The van der Waals surface area contributed by atoms with E-state index in [1.165, 1.54) is 6.20 Å². The molecular formula is C10H13ClN4O. The Morgan fingerprint density at radius 2 is 2.50 bits per heavy atom. The predicted octanol–water partition coefficient (Wildman–Crippen LogP) is 1.07. The smallest absolute Gasteiger partial charge is 0.234 e. The first-order valence-electron chi connectivity index (χ1n) is 5.11. The summed E-state index contributed by atoms with van der Waals surface area (Å²) < 4.78 is 0. The Morgan fingerprint density at radius 1 is 1.69 bits per heavy atom. The molecule has 0 spiro atoms. The third-order valence-electron chi connectivity index (χ3n) is 2.76. The van der Waals surface area contributed by atoms with Crippen LogP contribution in [0.25, 0.3) is 0 Å². The second-order valence-electron chi connectivity index (χ2n) is 4.14. The number of anilines is 1. The summed E-state index contributed by atoms with van der Waals surface area (Å²) in [5, 5.41) is 6.16. The Balaban J connectivity index is 2.07. The molecule has 1 amide bonds. The highest BCUT2D eigenvalue weighted by Gasteiger charge is 2.36. The van der Waals surface area contributed by atoms with Crippen LogP contribution in [0.3, 0.4) is 0 Å². The first-order chi connectivity index (χ1) is 7.60. The highest BCUT2D eigenvalue weighted by atomic mass is 35.5. The van der Waals surface area contributed by atoms with Crippen LogP contribution in [0.5, 0.6) is 0 Å². The van der Waals surface area contributed by atoms with E-state index in [1.54, 1.807) is 6.07 Å². The molecule has 0 aliphatic carbocycles. The maximum absolute atomic E-state index is 12.0. The van der Waals surface area contributed by atoms with Gasteiger partial charge in [-0.05, 0) is 26.0 Å². The molecule has 6 heteroatoms. The van der Waals surface area contributed by atoms with Gasteiger partial charge in [0.05, 0.1) is 5.41 Å². The standard InChI is InChI=1S/C10H13ClN4O/c1-10(3-5-12-6-10)8(16)15-9-13-4-2-7(11)14-9/h2,4,12H,3,5-6H2,1H3,(H,13,14,15,16). The molecule has 0 saturated carbocycles. The molecule has 16 heavy (non-hydrogen) atoms. The zero-order valence-electron chi connectivity index (χ0n) is 8.96. The number of carbonyl (C=O) groups is 1. The lowest BCUT2D eigenvalue weighted by molar-refractivity contribution is -0.123. The summed E-state index contributed by atoms with van der Waals surface area (Å²) in [6, 6.07) is 1.57. The van der Waals surface area contributed by atoms with Crippen molar-refractivity contribution in [2.75, 3.05) is 18.4 Å². The molecule has 2 rings (SSSR count). The molecule has 0 radical (unpaired) electrons. The molecule has 2 heterocycles. The molecule has 1 atom stereocenters. The summed E-state index contributed by atoms with van der Waals surface area (Å²) in [6.45, 7) is 3.46. The van der Waals surface area contributed by atoms with E-state index in [-0.39, 0.29) is 17.3 Å². The van der Waals surface area contributed by atoms with Crippen molar-refractivity contribution in [3.8, 4) is 0 Å².